The Bertz CT molecular complexity index is 586. The van der Waals surface area contributed by atoms with Crippen LogP contribution in [0.5, 0.6) is 0 Å². The van der Waals surface area contributed by atoms with Gasteiger partial charge in [-0.3, -0.25) is 0 Å². The van der Waals surface area contributed by atoms with Crippen molar-refractivity contribution < 1.29 is 4.52 Å². The molecule has 21 heavy (non-hydrogen) atoms. The average Bonchev–Trinajstić information content (AvgIpc) is 3.10. The molecule has 1 saturated carbocycles. The molecule has 0 aromatic carbocycles. The van der Waals surface area contributed by atoms with Crippen LogP contribution in [0.2, 0.25) is 0 Å². The largest absolute Gasteiger partial charge is 0.339 e. The van der Waals surface area contributed by atoms with Crippen LogP contribution < -0.4 is 5.32 Å². The number of aryl methyl sites for hydroxylation is 1. The van der Waals surface area contributed by atoms with E-state index in [4.69, 9.17) is 4.52 Å². The van der Waals surface area contributed by atoms with Gasteiger partial charge in [-0.1, -0.05) is 24.4 Å². The van der Waals surface area contributed by atoms with E-state index in [0.29, 0.717) is 6.42 Å². The van der Waals surface area contributed by atoms with Gasteiger partial charge in [-0.25, -0.2) is 4.98 Å². The Hall–Kier alpha value is -1.27. The molecule has 1 aliphatic carbocycles. The molecule has 1 N–H and O–H groups in total. The summed E-state index contributed by atoms with van der Waals surface area (Å²) in [5.74, 6) is 1.48. The molecule has 5 nitrogen and oxygen atoms in total. The van der Waals surface area contributed by atoms with Gasteiger partial charge < -0.3 is 9.84 Å². The highest BCUT2D eigenvalue weighted by atomic mass is 32.1. The molecule has 1 fully saturated rings. The second-order valence-electron chi connectivity index (χ2n) is 5.91. The maximum atomic E-state index is 5.45. The fraction of sp³-hybridized carbons (Fsp3) is 0.667. The second-order valence-corrected chi connectivity index (χ2v) is 6.97. The van der Waals surface area contributed by atoms with Crippen LogP contribution in [0.3, 0.4) is 0 Å². The van der Waals surface area contributed by atoms with Gasteiger partial charge in [-0.15, -0.1) is 11.3 Å². The van der Waals surface area contributed by atoms with Gasteiger partial charge in [-0.2, -0.15) is 4.98 Å². The Morgan fingerprint density at radius 2 is 2.10 bits per heavy atom. The molecule has 2 heterocycles. The molecule has 0 aliphatic heterocycles. The van der Waals surface area contributed by atoms with Crippen molar-refractivity contribution in [2.24, 2.45) is 0 Å². The molecular weight excluding hydrogens is 284 g/mol. The van der Waals surface area contributed by atoms with Crippen LogP contribution in [0.15, 0.2) is 9.90 Å². The van der Waals surface area contributed by atoms with Crippen LogP contribution in [-0.2, 0) is 12.8 Å². The number of thiazole rings is 1. The standard InChI is InChI=1S/C15H22N4OS/c1-11-17-12(10-21-11)8-13-18-14(20-19-13)9-15(16-2)6-4-3-5-7-15/h10,16H,3-9H2,1-2H3. The number of aromatic nitrogens is 3. The molecule has 1 aliphatic rings. The number of hydrogen-bond acceptors (Lipinski definition) is 6. The summed E-state index contributed by atoms with van der Waals surface area (Å²) >= 11 is 1.65. The van der Waals surface area contributed by atoms with Crippen molar-refractivity contribution >= 4 is 11.3 Å². The summed E-state index contributed by atoms with van der Waals surface area (Å²) in [6, 6.07) is 0. The van der Waals surface area contributed by atoms with Gasteiger partial charge >= 0.3 is 0 Å². The van der Waals surface area contributed by atoms with E-state index in [9.17, 15) is 0 Å². The summed E-state index contributed by atoms with van der Waals surface area (Å²) in [6.07, 6.45) is 7.74. The monoisotopic (exact) mass is 306 g/mol. The van der Waals surface area contributed by atoms with Crippen LogP contribution in [0, 0.1) is 6.92 Å². The Labute approximate surface area is 129 Å². The van der Waals surface area contributed by atoms with Crippen LogP contribution in [0.4, 0.5) is 0 Å². The fourth-order valence-electron chi connectivity index (χ4n) is 3.12. The number of rotatable bonds is 5. The number of nitrogens with one attached hydrogen (secondary N) is 1. The molecule has 6 heteroatoms. The van der Waals surface area contributed by atoms with Gasteiger partial charge in [-0.05, 0) is 26.8 Å². The summed E-state index contributed by atoms with van der Waals surface area (Å²) < 4.78 is 5.45. The van der Waals surface area contributed by atoms with Crippen LogP contribution in [0.25, 0.3) is 0 Å². The van der Waals surface area contributed by atoms with E-state index < -0.39 is 0 Å². The molecule has 0 radical (unpaired) electrons. The van der Waals surface area contributed by atoms with Crippen LogP contribution in [-0.4, -0.2) is 27.7 Å². The Morgan fingerprint density at radius 1 is 1.29 bits per heavy atom. The molecular formula is C15H22N4OS. The van der Waals surface area contributed by atoms with Crippen molar-refractivity contribution in [3.05, 3.63) is 27.8 Å². The van der Waals surface area contributed by atoms with E-state index in [0.717, 1.165) is 28.8 Å². The summed E-state index contributed by atoms with van der Waals surface area (Å²) in [4.78, 5) is 8.99. The van der Waals surface area contributed by atoms with E-state index >= 15 is 0 Å². The van der Waals surface area contributed by atoms with Gasteiger partial charge in [0, 0.05) is 17.3 Å². The van der Waals surface area contributed by atoms with E-state index in [-0.39, 0.29) is 5.54 Å². The first-order valence-corrected chi connectivity index (χ1v) is 8.48. The normalized spacial score (nSPS) is 18.0. The third kappa shape index (κ3) is 3.49. The van der Waals surface area contributed by atoms with E-state index in [2.05, 4.69) is 25.8 Å². The third-order valence-electron chi connectivity index (χ3n) is 4.35. The van der Waals surface area contributed by atoms with Gasteiger partial charge in [0.15, 0.2) is 5.82 Å². The minimum atomic E-state index is 0.138. The zero-order valence-electron chi connectivity index (χ0n) is 12.7. The van der Waals surface area contributed by atoms with Gasteiger partial charge in [0.05, 0.1) is 17.1 Å². The SMILES string of the molecule is CNC1(Cc2nc(Cc3csc(C)n3)no2)CCCCC1. The quantitative estimate of drug-likeness (QED) is 0.920. The minimum Gasteiger partial charge on any atom is -0.339 e. The van der Waals surface area contributed by atoms with E-state index in [1.165, 1.54) is 32.1 Å². The summed E-state index contributed by atoms with van der Waals surface area (Å²) in [5.41, 5.74) is 1.16. The summed E-state index contributed by atoms with van der Waals surface area (Å²) in [7, 11) is 2.04. The zero-order chi connectivity index (χ0) is 14.7. The molecule has 2 aromatic heterocycles. The molecule has 2 aromatic rings. The highest BCUT2D eigenvalue weighted by molar-refractivity contribution is 7.09. The lowest BCUT2D eigenvalue weighted by Crippen LogP contribution is -2.46. The third-order valence-corrected chi connectivity index (χ3v) is 5.17. The molecule has 0 saturated heterocycles. The minimum absolute atomic E-state index is 0.138. The Balaban J connectivity index is 1.66. The van der Waals surface area contributed by atoms with Crippen molar-refractivity contribution in [3.63, 3.8) is 0 Å². The smallest absolute Gasteiger partial charge is 0.228 e. The predicted molar refractivity (Wildman–Crippen MR) is 82.5 cm³/mol. The molecule has 0 amide bonds. The van der Waals surface area contributed by atoms with Crippen LogP contribution in [0.1, 0.15) is 54.5 Å². The highest BCUT2D eigenvalue weighted by Crippen LogP contribution is 2.30. The van der Waals surface area contributed by atoms with Gasteiger partial charge in [0.25, 0.3) is 0 Å². The molecule has 0 spiro atoms. The number of hydrogen-bond donors (Lipinski definition) is 1. The van der Waals surface area contributed by atoms with Crippen molar-refractivity contribution in [1.82, 2.24) is 20.4 Å². The zero-order valence-corrected chi connectivity index (χ0v) is 13.5. The molecule has 0 unspecified atom stereocenters. The maximum Gasteiger partial charge on any atom is 0.228 e. The van der Waals surface area contributed by atoms with Gasteiger partial charge in [0.2, 0.25) is 5.89 Å². The van der Waals surface area contributed by atoms with Crippen molar-refractivity contribution in [3.8, 4) is 0 Å². The van der Waals surface area contributed by atoms with Crippen LogP contribution >= 0.6 is 11.3 Å². The van der Waals surface area contributed by atoms with Crippen molar-refractivity contribution in [1.29, 1.82) is 0 Å². The van der Waals surface area contributed by atoms with Crippen molar-refractivity contribution in [2.45, 2.75) is 57.4 Å². The van der Waals surface area contributed by atoms with E-state index in [1.807, 2.05) is 14.0 Å². The van der Waals surface area contributed by atoms with Crippen molar-refractivity contribution in [2.75, 3.05) is 7.05 Å². The Kier molecular flexibility index (Phi) is 4.35. The fourth-order valence-corrected chi connectivity index (χ4v) is 3.73. The molecule has 3 rings (SSSR count). The first kappa shape index (κ1) is 14.7. The summed E-state index contributed by atoms with van der Waals surface area (Å²) in [6.45, 7) is 2.01. The lowest BCUT2D eigenvalue weighted by molar-refractivity contribution is 0.221. The maximum absolute atomic E-state index is 5.45. The van der Waals surface area contributed by atoms with E-state index in [1.54, 1.807) is 11.3 Å². The number of likely N-dealkylation sites (N-methyl/N-ethyl adjacent to an activating group) is 1. The Morgan fingerprint density at radius 3 is 2.76 bits per heavy atom. The topological polar surface area (TPSA) is 63.8 Å². The van der Waals surface area contributed by atoms with Gasteiger partial charge in [0.1, 0.15) is 0 Å². The molecule has 0 bridgehead atoms. The lowest BCUT2D eigenvalue weighted by atomic mass is 9.79. The average molecular weight is 306 g/mol. The molecule has 114 valence electrons. The molecule has 0 atom stereocenters. The first-order valence-electron chi connectivity index (χ1n) is 7.60. The highest BCUT2D eigenvalue weighted by Gasteiger charge is 2.32. The first-order chi connectivity index (χ1) is 10.2. The number of nitrogens with zero attached hydrogens (tertiary/aromatic N) is 3. The summed E-state index contributed by atoms with van der Waals surface area (Å²) in [5, 5.41) is 10.7. The predicted octanol–water partition coefficient (Wildman–Crippen LogP) is 2.89. The second kappa shape index (κ2) is 6.23. The lowest BCUT2D eigenvalue weighted by Gasteiger charge is -2.36.